The van der Waals surface area contributed by atoms with Crippen LogP contribution in [0, 0.1) is 17.8 Å². The van der Waals surface area contributed by atoms with Crippen molar-refractivity contribution in [3.63, 3.8) is 0 Å². The molecule has 1 aliphatic rings. The fourth-order valence-electron chi connectivity index (χ4n) is 4.60. The predicted molar refractivity (Wildman–Crippen MR) is 141 cm³/mol. The van der Waals surface area contributed by atoms with Crippen molar-refractivity contribution in [2.75, 3.05) is 19.8 Å². The van der Waals surface area contributed by atoms with Gasteiger partial charge < -0.3 is 16.0 Å². The number of hydrogen-bond acceptors (Lipinski definition) is 6. The van der Waals surface area contributed by atoms with E-state index in [0.29, 0.717) is 50.2 Å². The summed E-state index contributed by atoms with van der Waals surface area (Å²) in [4.78, 5) is 53.4. The molecule has 0 radical (unpaired) electrons. The van der Waals surface area contributed by atoms with E-state index in [0.717, 1.165) is 4.47 Å². The Kier molecular flexibility index (Phi) is 11.8. The molecule has 1 aromatic carbocycles. The first-order valence-electron chi connectivity index (χ1n) is 12.4. The number of carbonyl (C=O) groups is 4. The average molecular weight is 567 g/mol. The van der Waals surface area contributed by atoms with Crippen molar-refractivity contribution >= 4 is 39.2 Å². The molecule has 36 heavy (non-hydrogen) atoms. The van der Waals surface area contributed by atoms with E-state index in [-0.39, 0.29) is 36.2 Å². The maximum atomic E-state index is 13.5. The lowest BCUT2D eigenvalue weighted by molar-refractivity contribution is -0.142. The summed E-state index contributed by atoms with van der Waals surface area (Å²) in [6, 6.07) is 6.35. The first kappa shape index (κ1) is 29.7. The molecule has 9 heteroatoms. The number of nitrogens with two attached hydrogens (primary N) is 1. The molecule has 1 aliphatic heterocycles. The molecular formula is C27H37BrFN3O4. The van der Waals surface area contributed by atoms with E-state index in [9.17, 15) is 23.6 Å². The number of halogens is 2. The number of carbonyl (C=O) groups excluding carboxylic acids is 4. The Morgan fingerprint density at radius 3 is 2.44 bits per heavy atom. The summed E-state index contributed by atoms with van der Waals surface area (Å²) in [5.74, 6) is -2.28. The van der Waals surface area contributed by atoms with E-state index in [1.54, 1.807) is 29.2 Å². The van der Waals surface area contributed by atoms with Crippen LogP contribution in [0.2, 0.25) is 0 Å². The molecule has 1 amide bonds. The van der Waals surface area contributed by atoms with E-state index < -0.39 is 30.3 Å². The molecule has 0 aliphatic carbocycles. The van der Waals surface area contributed by atoms with Gasteiger partial charge in [0.1, 0.15) is 6.67 Å². The third-order valence-corrected chi connectivity index (χ3v) is 7.25. The largest absolute Gasteiger partial charge is 0.386 e. The highest BCUT2D eigenvalue weighted by Crippen LogP contribution is 2.29. The second-order valence-corrected chi connectivity index (χ2v) is 10.7. The van der Waals surface area contributed by atoms with E-state index in [1.165, 1.54) is 0 Å². The molecule has 1 heterocycles. The normalized spacial score (nSPS) is 17.0. The Labute approximate surface area is 221 Å². The second-order valence-electron chi connectivity index (χ2n) is 9.74. The van der Waals surface area contributed by atoms with Gasteiger partial charge in [-0.1, -0.05) is 48.5 Å². The molecule has 0 spiro atoms. The third kappa shape index (κ3) is 8.54. The van der Waals surface area contributed by atoms with Crippen molar-refractivity contribution in [1.29, 1.82) is 0 Å². The van der Waals surface area contributed by atoms with Crippen molar-refractivity contribution in [3.8, 4) is 0 Å². The highest BCUT2D eigenvalue weighted by Gasteiger charge is 2.39. The summed E-state index contributed by atoms with van der Waals surface area (Å²) in [7, 11) is 0. The number of ketones is 3. The van der Waals surface area contributed by atoms with Crippen LogP contribution in [0.15, 0.2) is 41.1 Å². The Morgan fingerprint density at radius 2 is 1.86 bits per heavy atom. The van der Waals surface area contributed by atoms with Crippen molar-refractivity contribution in [2.45, 2.75) is 58.4 Å². The minimum atomic E-state index is -1.13. The van der Waals surface area contributed by atoms with Gasteiger partial charge in [-0.25, -0.2) is 4.39 Å². The molecule has 198 valence electrons. The number of nitrogens with one attached hydrogen (secondary N) is 1. The minimum Gasteiger partial charge on any atom is -0.386 e. The van der Waals surface area contributed by atoms with Gasteiger partial charge in [0.25, 0.3) is 0 Å². The van der Waals surface area contributed by atoms with Crippen LogP contribution < -0.4 is 11.1 Å². The first-order valence-corrected chi connectivity index (χ1v) is 13.2. The van der Waals surface area contributed by atoms with Gasteiger partial charge in [-0.2, -0.15) is 0 Å². The zero-order chi connectivity index (χ0) is 26.8. The Morgan fingerprint density at radius 1 is 1.19 bits per heavy atom. The second kappa shape index (κ2) is 14.3. The molecule has 2 rings (SSSR count). The Balaban J connectivity index is 2.08. The minimum absolute atomic E-state index is 0.0535. The standard InChI is InChI=1S/C27H37BrFN3O4/c1-17(2)22(15-24(33)19-8-10-21(28)11-9-19)27(36)32-13-5-7-23(32)25(34)14-20(26(35)16-29)6-4-12-31-18(3)30/h8-11,17,20,22-23,31H,3-7,12-16,30H2,1-2H3/t20-,22-,23-/m0/s1. The summed E-state index contributed by atoms with van der Waals surface area (Å²) in [5.41, 5.74) is 6.00. The highest BCUT2D eigenvalue weighted by atomic mass is 79.9. The van der Waals surface area contributed by atoms with Gasteiger partial charge in [-0.3, -0.25) is 19.2 Å². The lowest BCUT2D eigenvalue weighted by Crippen LogP contribution is -2.45. The van der Waals surface area contributed by atoms with Crippen molar-refractivity contribution < 1.29 is 23.6 Å². The molecule has 0 aromatic heterocycles. The van der Waals surface area contributed by atoms with Crippen molar-refractivity contribution in [2.24, 2.45) is 23.5 Å². The van der Waals surface area contributed by atoms with E-state index >= 15 is 0 Å². The number of alkyl halides is 1. The molecule has 0 saturated carbocycles. The SMILES string of the molecule is C=C(N)NCCC[C@@H](CC(=O)[C@@H]1CCCN1C(=O)[C@@H](CC(=O)c1ccc(Br)cc1)C(C)C)C(=O)CF. The monoisotopic (exact) mass is 565 g/mol. The van der Waals surface area contributed by atoms with E-state index in [4.69, 9.17) is 5.73 Å². The number of rotatable bonds is 15. The fraction of sp³-hybridized carbons (Fsp3) is 0.556. The van der Waals surface area contributed by atoms with Gasteiger partial charge >= 0.3 is 0 Å². The maximum absolute atomic E-state index is 13.5. The van der Waals surface area contributed by atoms with Gasteiger partial charge in [0.2, 0.25) is 5.91 Å². The quantitative estimate of drug-likeness (QED) is 0.243. The Hall–Kier alpha value is -2.55. The number of nitrogens with zero attached hydrogens (tertiary/aromatic N) is 1. The van der Waals surface area contributed by atoms with Crippen molar-refractivity contribution in [1.82, 2.24) is 10.2 Å². The molecule has 0 bridgehead atoms. The first-order chi connectivity index (χ1) is 17.0. The van der Waals surface area contributed by atoms with E-state index in [2.05, 4.69) is 27.8 Å². The van der Waals surface area contributed by atoms with E-state index in [1.807, 2.05) is 13.8 Å². The van der Waals surface area contributed by atoms with Gasteiger partial charge in [0.15, 0.2) is 17.3 Å². The number of amides is 1. The molecule has 3 atom stereocenters. The molecule has 7 nitrogen and oxygen atoms in total. The fourth-order valence-corrected chi connectivity index (χ4v) is 4.87. The number of hydrogen-bond donors (Lipinski definition) is 2. The van der Waals surface area contributed by atoms with Gasteiger partial charge in [-0.15, -0.1) is 0 Å². The lowest BCUT2D eigenvalue weighted by atomic mass is 9.86. The third-order valence-electron chi connectivity index (χ3n) is 6.72. The summed E-state index contributed by atoms with van der Waals surface area (Å²) in [6.07, 6.45) is 1.98. The Bertz CT molecular complexity index is 951. The molecule has 1 aromatic rings. The molecule has 3 N–H and O–H groups in total. The highest BCUT2D eigenvalue weighted by molar-refractivity contribution is 9.10. The lowest BCUT2D eigenvalue weighted by Gasteiger charge is -2.30. The molecular weight excluding hydrogens is 529 g/mol. The smallest absolute Gasteiger partial charge is 0.227 e. The van der Waals surface area contributed by atoms with Crippen LogP contribution >= 0.6 is 15.9 Å². The molecule has 1 saturated heterocycles. The summed E-state index contributed by atoms with van der Waals surface area (Å²) >= 11 is 3.35. The summed E-state index contributed by atoms with van der Waals surface area (Å²) in [5, 5.41) is 2.85. The zero-order valence-corrected chi connectivity index (χ0v) is 22.7. The van der Waals surface area contributed by atoms with Crippen LogP contribution in [0.1, 0.15) is 62.7 Å². The van der Waals surface area contributed by atoms with Crippen LogP contribution in [0.5, 0.6) is 0 Å². The number of Topliss-reactive ketones (excluding diaryl/α,β-unsaturated/α-hetero) is 3. The average Bonchev–Trinajstić information content (AvgIpc) is 3.33. The maximum Gasteiger partial charge on any atom is 0.227 e. The van der Waals surface area contributed by atoms with Crippen LogP contribution in [0.25, 0.3) is 0 Å². The number of likely N-dealkylation sites (tertiary alicyclic amines) is 1. The molecule has 1 fully saturated rings. The van der Waals surface area contributed by atoms with Crippen LogP contribution in [-0.2, 0) is 14.4 Å². The van der Waals surface area contributed by atoms with Crippen LogP contribution in [-0.4, -0.2) is 54.0 Å². The van der Waals surface area contributed by atoms with Crippen molar-refractivity contribution in [3.05, 3.63) is 46.7 Å². The van der Waals surface area contributed by atoms with Gasteiger partial charge in [0.05, 0.1) is 11.9 Å². The van der Waals surface area contributed by atoms with Gasteiger partial charge in [-0.05, 0) is 43.7 Å². The number of benzene rings is 1. The summed E-state index contributed by atoms with van der Waals surface area (Å²) < 4.78 is 14.0. The van der Waals surface area contributed by atoms with Crippen LogP contribution in [0.4, 0.5) is 4.39 Å². The van der Waals surface area contributed by atoms with Gasteiger partial charge in [0, 0.05) is 47.8 Å². The predicted octanol–water partition coefficient (Wildman–Crippen LogP) is 4.20. The zero-order valence-electron chi connectivity index (χ0n) is 21.1. The van der Waals surface area contributed by atoms with Crippen LogP contribution in [0.3, 0.4) is 0 Å². The summed E-state index contributed by atoms with van der Waals surface area (Å²) in [6.45, 7) is 7.09. The topological polar surface area (TPSA) is 110 Å². The molecule has 0 unspecified atom stereocenters.